The van der Waals surface area contributed by atoms with Crippen LogP contribution < -0.4 is 5.32 Å². The van der Waals surface area contributed by atoms with Gasteiger partial charge in [0.15, 0.2) is 0 Å². The number of nitrogens with zero attached hydrogens (tertiary/aromatic N) is 4. The Morgan fingerprint density at radius 1 is 1.42 bits per heavy atom. The Morgan fingerprint density at radius 3 is 2.95 bits per heavy atom. The summed E-state index contributed by atoms with van der Waals surface area (Å²) in [5, 5.41) is 18.7. The van der Waals surface area contributed by atoms with Crippen molar-refractivity contribution in [3.63, 3.8) is 0 Å². The molecule has 1 aromatic heterocycles. The topological polar surface area (TPSA) is 108 Å². The molecule has 0 aliphatic carbocycles. The molecule has 1 aliphatic heterocycles. The van der Waals surface area contributed by atoms with E-state index in [0.717, 1.165) is 12.8 Å². The average molecular weight is 265 g/mol. The predicted molar refractivity (Wildman–Crippen MR) is 65.4 cm³/mol. The molecule has 0 bridgehead atoms. The van der Waals surface area contributed by atoms with Gasteiger partial charge in [0.05, 0.1) is 18.8 Å². The van der Waals surface area contributed by atoms with Gasteiger partial charge in [-0.15, -0.1) is 5.10 Å². The normalized spacial score (nSPS) is 18.9. The third kappa shape index (κ3) is 3.60. The molecule has 8 heteroatoms. The number of anilines is 1. The molecule has 102 valence electrons. The third-order valence-electron chi connectivity index (χ3n) is 3.00. The predicted octanol–water partition coefficient (Wildman–Crippen LogP) is 0.733. The molecular formula is C11H15N5O3. The van der Waals surface area contributed by atoms with Gasteiger partial charge < -0.3 is 10.0 Å². The van der Waals surface area contributed by atoms with Crippen LogP contribution in [0.25, 0.3) is 0 Å². The van der Waals surface area contributed by atoms with Gasteiger partial charge in [-0.05, 0) is 19.3 Å². The summed E-state index contributed by atoms with van der Waals surface area (Å²) in [6.45, 7) is 0.546. The van der Waals surface area contributed by atoms with Crippen molar-refractivity contribution < 1.29 is 14.7 Å². The lowest BCUT2D eigenvalue weighted by Crippen LogP contribution is -2.47. The fourth-order valence-corrected chi connectivity index (χ4v) is 2.15. The maximum absolute atomic E-state index is 12.1. The number of nitrogens with one attached hydrogen (secondary N) is 1. The highest BCUT2D eigenvalue weighted by molar-refractivity contribution is 5.88. The highest BCUT2D eigenvalue weighted by atomic mass is 16.4. The third-order valence-corrected chi connectivity index (χ3v) is 3.00. The molecule has 8 nitrogen and oxygen atoms in total. The van der Waals surface area contributed by atoms with Gasteiger partial charge in [-0.25, -0.2) is 9.78 Å². The first kappa shape index (κ1) is 13.2. The number of carbonyl (C=O) groups excluding carboxylic acids is 1. The SMILES string of the molecule is O=C(O)CC1CCCCN1C(=O)Nc1nccnn1. The molecule has 1 aromatic rings. The molecule has 2 amide bonds. The second-order valence-electron chi connectivity index (χ2n) is 4.34. The highest BCUT2D eigenvalue weighted by Crippen LogP contribution is 2.20. The Labute approximate surface area is 109 Å². The molecule has 1 unspecified atom stereocenters. The van der Waals surface area contributed by atoms with Crippen LogP contribution in [0.4, 0.5) is 10.7 Å². The van der Waals surface area contributed by atoms with Gasteiger partial charge in [-0.2, -0.15) is 5.10 Å². The van der Waals surface area contributed by atoms with Gasteiger partial charge in [0.25, 0.3) is 5.95 Å². The number of carboxylic acid groups (broad SMARTS) is 1. The molecule has 1 saturated heterocycles. The lowest BCUT2D eigenvalue weighted by atomic mass is 10.00. The molecule has 19 heavy (non-hydrogen) atoms. The zero-order valence-electron chi connectivity index (χ0n) is 10.3. The van der Waals surface area contributed by atoms with Crippen molar-refractivity contribution in [2.75, 3.05) is 11.9 Å². The summed E-state index contributed by atoms with van der Waals surface area (Å²) in [5.41, 5.74) is 0. The summed E-state index contributed by atoms with van der Waals surface area (Å²) in [7, 11) is 0. The molecule has 0 saturated carbocycles. The van der Waals surface area contributed by atoms with E-state index in [2.05, 4.69) is 20.5 Å². The lowest BCUT2D eigenvalue weighted by molar-refractivity contribution is -0.138. The molecule has 0 aromatic carbocycles. The summed E-state index contributed by atoms with van der Waals surface area (Å²) in [6.07, 6.45) is 5.30. The fraction of sp³-hybridized carbons (Fsp3) is 0.545. The summed E-state index contributed by atoms with van der Waals surface area (Å²) in [4.78, 5) is 28.3. The highest BCUT2D eigenvalue weighted by Gasteiger charge is 2.28. The number of rotatable bonds is 3. The van der Waals surface area contributed by atoms with E-state index in [1.807, 2.05) is 0 Å². The molecule has 0 spiro atoms. The van der Waals surface area contributed by atoms with E-state index >= 15 is 0 Å². The Hall–Kier alpha value is -2.25. The Morgan fingerprint density at radius 2 is 2.26 bits per heavy atom. The number of likely N-dealkylation sites (tertiary alicyclic amines) is 1. The first-order valence-electron chi connectivity index (χ1n) is 6.10. The summed E-state index contributed by atoms with van der Waals surface area (Å²) in [5.74, 6) is -0.783. The van der Waals surface area contributed by atoms with E-state index < -0.39 is 5.97 Å². The van der Waals surface area contributed by atoms with Crippen LogP contribution in [-0.4, -0.2) is 49.8 Å². The van der Waals surface area contributed by atoms with Crippen LogP contribution in [0.2, 0.25) is 0 Å². The minimum Gasteiger partial charge on any atom is -0.481 e. The van der Waals surface area contributed by atoms with Gasteiger partial charge in [0.2, 0.25) is 0 Å². The van der Waals surface area contributed by atoms with Crippen molar-refractivity contribution in [1.29, 1.82) is 0 Å². The van der Waals surface area contributed by atoms with Gasteiger partial charge >= 0.3 is 12.0 Å². The number of piperidine rings is 1. The van der Waals surface area contributed by atoms with Crippen molar-refractivity contribution in [1.82, 2.24) is 20.1 Å². The van der Waals surface area contributed by atoms with Crippen LogP contribution >= 0.6 is 0 Å². The van der Waals surface area contributed by atoms with Crippen LogP contribution in [0.3, 0.4) is 0 Å². The molecule has 2 rings (SSSR count). The van der Waals surface area contributed by atoms with Crippen molar-refractivity contribution in [2.24, 2.45) is 0 Å². The monoisotopic (exact) mass is 265 g/mol. The Bertz CT molecular complexity index is 453. The van der Waals surface area contributed by atoms with Gasteiger partial charge in [-0.1, -0.05) is 0 Å². The molecule has 2 heterocycles. The van der Waals surface area contributed by atoms with Gasteiger partial charge in [-0.3, -0.25) is 10.1 Å². The molecule has 0 radical (unpaired) electrons. The molecule has 1 fully saturated rings. The quantitative estimate of drug-likeness (QED) is 0.834. The second kappa shape index (κ2) is 6.07. The van der Waals surface area contributed by atoms with E-state index in [1.165, 1.54) is 17.3 Å². The van der Waals surface area contributed by atoms with Crippen LogP contribution in [0, 0.1) is 0 Å². The Balaban J connectivity index is 2.01. The number of amides is 2. The number of carboxylic acids is 1. The van der Waals surface area contributed by atoms with Crippen LogP contribution in [-0.2, 0) is 4.79 Å². The first-order valence-corrected chi connectivity index (χ1v) is 6.10. The molecule has 2 N–H and O–H groups in total. The number of carbonyl (C=O) groups is 2. The second-order valence-corrected chi connectivity index (χ2v) is 4.34. The Kier molecular flexibility index (Phi) is 4.22. The summed E-state index contributed by atoms with van der Waals surface area (Å²) in [6, 6.07) is -0.651. The van der Waals surface area contributed by atoms with Gasteiger partial charge in [0, 0.05) is 12.6 Å². The number of hydrogen-bond donors (Lipinski definition) is 2. The first-order chi connectivity index (χ1) is 9.16. The number of hydrogen-bond acceptors (Lipinski definition) is 5. The van der Waals surface area contributed by atoms with E-state index in [4.69, 9.17) is 5.11 Å². The molecule has 1 atom stereocenters. The molecule has 1 aliphatic rings. The molecular weight excluding hydrogens is 250 g/mol. The van der Waals surface area contributed by atoms with Crippen LogP contribution in [0.15, 0.2) is 12.4 Å². The minimum atomic E-state index is -0.901. The van der Waals surface area contributed by atoms with Crippen molar-refractivity contribution in [3.8, 4) is 0 Å². The van der Waals surface area contributed by atoms with Crippen molar-refractivity contribution >= 4 is 17.9 Å². The number of aliphatic carboxylic acids is 1. The number of aromatic nitrogens is 3. The van der Waals surface area contributed by atoms with Gasteiger partial charge in [0.1, 0.15) is 0 Å². The lowest BCUT2D eigenvalue weighted by Gasteiger charge is -2.34. The summed E-state index contributed by atoms with van der Waals surface area (Å²) < 4.78 is 0. The van der Waals surface area contributed by atoms with Crippen LogP contribution in [0.1, 0.15) is 25.7 Å². The van der Waals surface area contributed by atoms with Crippen molar-refractivity contribution in [3.05, 3.63) is 12.4 Å². The average Bonchev–Trinajstić information content (AvgIpc) is 2.39. The van der Waals surface area contributed by atoms with Crippen molar-refractivity contribution in [2.45, 2.75) is 31.7 Å². The smallest absolute Gasteiger partial charge is 0.324 e. The summed E-state index contributed by atoms with van der Waals surface area (Å²) >= 11 is 0. The standard InChI is InChI=1S/C11H15N5O3/c17-9(18)7-8-3-1-2-6-16(8)11(19)14-10-12-4-5-13-15-10/h4-5,8H,1-3,6-7H2,(H,17,18)(H,12,14,15,19). The zero-order valence-corrected chi connectivity index (χ0v) is 10.3. The van der Waals surface area contributed by atoms with E-state index in [1.54, 1.807) is 0 Å². The van der Waals surface area contributed by atoms with Crippen LogP contribution in [0.5, 0.6) is 0 Å². The van der Waals surface area contributed by atoms with E-state index in [9.17, 15) is 9.59 Å². The van der Waals surface area contributed by atoms with E-state index in [-0.39, 0.29) is 24.4 Å². The largest absolute Gasteiger partial charge is 0.481 e. The number of urea groups is 1. The van der Waals surface area contributed by atoms with E-state index in [0.29, 0.717) is 13.0 Å². The maximum Gasteiger partial charge on any atom is 0.324 e. The maximum atomic E-state index is 12.1. The zero-order chi connectivity index (χ0) is 13.7. The fourth-order valence-electron chi connectivity index (χ4n) is 2.15. The minimum absolute atomic E-state index is 0.0404.